The molecule has 5 heteroatoms. The Kier molecular flexibility index (Phi) is 7.75. The van der Waals surface area contributed by atoms with Crippen molar-refractivity contribution in [3.05, 3.63) is 24.3 Å². The smallest absolute Gasteiger partial charge is 0.224 e. The Morgan fingerprint density at radius 1 is 1.00 bits per heavy atom. The van der Waals surface area contributed by atoms with Gasteiger partial charge in [0.2, 0.25) is 11.8 Å². The summed E-state index contributed by atoms with van der Waals surface area (Å²) in [4.78, 5) is 28.6. The van der Waals surface area contributed by atoms with Crippen LogP contribution in [0.2, 0.25) is 0 Å². The van der Waals surface area contributed by atoms with E-state index in [9.17, 15) is 9.59 Å². The number of carbonyl (C=O) groups is 2. The quantitative estimate of drug-likeness (QED) is 0.720. The minimum absolute atomic E-state index is 0.124. The number of unbranched alkanes of at least 4 members (excludes halogenated alkanes) is 1. The second kappa shape index (κ2) is 10.5. The van der Waals surface area contributed by atoms with Crippen molar-refractivity contribution in [2.45, 2.75) is 64.7 Å². The third kappa shape index (κ3) is 5.98. The molecule has 28 heavy (non-hydrogen) atoms. The Morgan fingerprint density at radius 2 is 1.68 bits per heavy atom. The van der Waals surface area contributed by atoms with E-state index in [-0.39, 0.29) is 11.8 Å². The summed E-state index contributed by atoms with van der Waals surface area (Å²) in [5, 5.41) is 3.03. The summed E-state index contributed by atoms with van der Waals surface area (Å²) >= 11 is 0. The molecule has 1 heterocycles. The summed E-state index contributed by atoms with van der Waals surface area (Å²) in [5.74, 6) is 1.16. The molecule has 0 bridgehead atoms. The number of nitrogens with zero attached hydrogens (tertiary/aromatic N) is 2. The number of nitrogens with one attached hydrogen (secondary N) is 1. The number of rotatable bonds is 8. The Morgan fingerprint density at radius 3 is 2.32 bits per heavy atom. The topological polar surface area (TPSA) is 52.7 Å². The van der Waals surface area contributed by atoms with E-state index in [1.54, 1.807) is 0 Å². The predicted molar refractivity (Wildman–Crippen MR) is 115 cm³/mol. The molecule has 1 aliphatic carbocycles. The first-order valence-corrected chi connectivity index (χ1v) is 11.1. The van der Waals surface area contributed by atoms with Crippen molar-refractivity contribution in [3.8, 4) is 0 Å². The maximum absolute atomic E-state index is 12.2. The molecule has 1 N–H and O–H groups in total. The van der Waals surface area contributed by atoms with Gasteiger partial charge in [-0.15, -0.1) is 0 Å². The second-order valence-corrected chi connectivity index (χ2v) is 8.26. The minimum Gasteiger partial charge on any atom is -0.368 e. The van der Waals surface area contributed by atoms with Crippen LogP contribution in [-0.4, -0.2) is 42.9 Å². The molecule has 3 rings (SSSR count). The third-order valence-electron chi connectivity index (χ3n) is 6.15. The van der Waals surface area contributed by atoms with Crippen LogP contribution in [0.4, 0.5) is 11.4 Å². The molecule has 1 saturated carbocycles. The van der Waals surface area contributed by atoms with Crippen molar-refractivity contribution in [1.29, 1.82) is 0 Å². The SMILES string of the molecule is CCCCC(=O)N1CCN(c2ccc(NC(=O)CCC3CCCC3)cc2)CC1. The van der Waals surface area contributed by atoms with E-state index < -0.39 is 0 Å². The Hall–Kier alpha value is -2.04. The summed E-state index contributed by atoms with van der Waals surface area (Å²) in [5.41, 5.74) is 2.03. The molecule has 0 unspecified atom stereocenters. The summed E-state index contributed by atoms with van der Waals surface area (Å²) in [7, 11) is 0. The lowest BCUT2D eigenvalue weighted by Crippen LogP contribution is -2.48. The molecule has 2 aliphatic rings. The van der Waals surface area contributed by atoms with Crippen LogP contribution < -0.4 is 10.2 Å². The van der Waals surface area contributed by atoms with E-state index >= 15 is 0 Å². The fourth-order valence-electron chi connectivity index (χ4n) is 4.31. The maximum Gasteiger partial charge on any atom is 0.224 e. The van der Waals surface area contributed by atoms with Crippen LogP contribution in [0.25, 0.3) is 0 Å². The first kappa shape index (κ1) is 20.7. The zero-order valence-electron chi connectivity index (χ0n) is 17.3. The zero-order chi connectivity index (χ0) is 19.8. The van der Waals surface area contributed by atoms with E-state index in [2.05, 4.69) is 29.3 Å². The molecule has 0 atom stereocenters. The average Bonchev–Trinajstić information content (AvgIpc) is 3.25. The average molecular weight is 386 g/mol. The molecule has 1 aliphatic heterocycles. The van der Waals surface area contributed by atoms with Crippen molar-refractivity contribution in [1.82, 2.24) is 4.90 Å². The zero-order valence-corrected chi connectivity index (χ0v) is 17.3. The lowest BCUT2D eigenvalue weighted by atomic mass is 10.0. The first-order chi connectivity index (χ1) is 13.7. The van der Waals surface area contributed by atoms with Gasteiger partial charge in [0.05, 0.1) is 0 Å². The second-order valence-electron chi connectivity index (χ2n) is 8.26. The molecule has 0 spiro atoms. The van der Waals surface area contributed by atoms with Gasteiger partial charge >= 0.3 is 0 Å². The van der Waals surface area contributed by atoms with Crippen LogP contribution >= 0.6 is 0 Å². The fraction of sp³-hybridized carbons (Fsp3) is 0.652. The van der Waals surface area contributed by atoms with Gasteiger partial charge in [0.15, 0.2) is 0 Å². The maximum atomic E-state index is 12.2. The monoisotopic (exact) mass is 385 g/mol. The third-order valence-corrected chi connectivity index (χ3v) is 6.15. The van der Waals surface area contributed by atoms with Crippen molar-refractivity contribution >= 4 is 23.2 Å². The Balaban J connectivity index is 1.41. The van der Waals surface area contributed by atoms with Crippen LogP contribution in [0.1, 0.15) is 64.7 Å². The number of hydrogen-bond acceptors (Lipinski definition) is 3. The standard InChI is InChI=1S/C23H35N3O2/c1-2-3-8-23(28)26-17-15-25(16-18-26)21-12-10-20(11-13-21)24-22(27)14-9-19-6-4-5-7-19/h10-13,19H,2-9,14-18H2,1H3,(H,24,27). The van der Waals surface area contributed by atoms with Gasteiger partial charge in [-0.3, -0.25) is 9.59 Å². The minimum atomic E-state index is 0.124. The number of hydrogen-bond donors (Lipinski definition) is 1. The number of carbonyl (C=O) groups excluding carboxylic acids is 2. The number of anilines is 2. The van der Waals surface area contributed by atoms with Gasteiger partial charge in [0.1, 0.15) is 0 Å². The van der Waals surface area contributed by atoms with Crippen LogP contribution in [0.3, 0.4) is 0 Å². The van der Waals surface area contributed by atoms with Gasteiger partial charge < -0.3 is 15.1 Å². The summed E-state index contributed by atoms with van der Waals surface area (Å²) in [6, 6.07) is 8.12. The number of piperazine rings is 1. The van der Waals surface area contributed by atoms with Crippen LogP contribution in [0.5, 0.6) is 0 Å². The van der Waals surface area contributed by atoms with E-state index in [4.69, 9.17) is 0 Å². The molecule has 154 valence electrons. The highest BCUT2D eigenvalue weighted by atomic mass is 16.2. The highest BCUT2D eigenvalue weighted by molar-refractivity contribution is 5.90. The van der Waals surface area contributed by atoms with Gasteiger partial charge in [-0.05, 0) is 43.0 Å². The Labute approximate surface area is 169 Å². The first-order valence-electron chi connectivity index (χ1n) is 11.1. The Bertz CT molecular complexity index is 630. The van der Waals surface area contributed by atoms with Gasteiger partial charge in [-0.2, -0.15) is 0 Å². The molecule has 1 aromatic rings. The molecule has 5 nitrogen and oxygen atoms in total. The number of amides is 2. The van der Waals surface area contributed by atoms with E-state index in [0.717, 1.165) is 62.7 Å². The van der Waals surface area contributed by atoms with Gasteiger partial charge in [-0.1, -0.05) is 39.0 Å². The van der Waals surface area contributed by atoms with Crippen molar-refractivity contribution in [2.24, 2.45) is 5.92 Å². The molecule has 1 saturated heterocycles. The molecule has 0 radical (unpaired) electrons. The van der Waals surface area contributed by atoms with Crippen LogP contribution in [0.15, 0.2) is 24.3 Å². The molecule has 0 aromatic heterocycles. The van der Waals surface area contributed by atoms with Crippen molar-refractivity contribution in [2.75, 3.05) is 36.4 Å². The van der Waals surface area contributed by atoms with E-state index in [1.165, 1.54) is 25.7 Å². The van der Waals surface area contributed by atoms with Gasteiger partial charge in [0.25, 0.3) is 0 Å². The lowest BCUT2D eigenvalue weighted by molar-refractivity contribution is -0.131. The van der Waals surface area contributed by atoms with Gasteiger partial charge in [-0.25, -0.2) is 0 Å². The molecule has 2 fully saturated rings. The molecular weight excluding hydrogens is 350 g/mol. The largest absolute Gasteiger partial charge is 0.368 e. The van der Waals surface area contributed by atoms with Gasteiger partial charge in [0, 0.05) is 50.4 Å². The molecule has 1 aromatic carbocycles. The van der Waals surface area contributed by atoms with Crippen molar-refractivity contribution in [3.63, 3.8) is 0 Å². The fourth-order valence-corrected chi connectivity index (χ4v) is 4.31. The molecule has 2 amide bonds. The van der Waals surface area contributed by atoms with E-state index in [0.29, 0.717) is 12.8 Å². The number of benzene rings is 1. The summed E-state index contributed by atoms with van der Waals surface area (Å²) in [6.45, 7) is 5.44. The van der Waals surface area contributed by atoms with Crippen molar-refractivity contribution < 1.29 is 9.59 Å². The highest BCUT2D eigenvalue weighted by Gasteiger charge is 2.21. The highest BCUT2D eigenvalue weighted by Crippen LogP contribution is 2.28. The van der Waals surface area contributed by atoms with Crippen LogP contribution in [-0.2, 0) is 9.59 Å². The van der Waals surface area contributed by atoms with Crippen LogP contribution in [0, 0.1) is 5.92 Å². The molecular formula is C23H35N3O2. The summed E-state index contributed by atoms with van der Waals surface area (Å²) in [6.07, 6.45) is 9.60. The van der Waals surface area contributed by atoms with E-state index in [1.807, 2.05) is 17.0 Å². The normalized spacial score (nSPS) is 17.8. The summed E-state index contributed by atoms with van der Waals surface area (Å²) < 4.78 is 0. The predicted octanol–water partition coefficient (Wildman–Crippen LogP) is 4.43. The lowest BCUT2D eigenvalue weighted by Gasteiger charge is -2.36.